The van der Waals surface area contributed by atoms with Gasteiger partial charge < -0.3 is 28.1 Å². The van der Waals surface area contributed by atoms with Gasteiger partial charge in [-0.3, -0.25) is 13.2 Å². The summed E-state index contributed by atoms with van der Waals surface area (Å²) in [4.78, 5) is 14.6. The fraction of sp³-hybridized carbons (Fsp3) is 0.500. The molecule has 284 valence electrons. The van der Waals surface area contributed by atoms with Crippen LogP contribution in [0.5, 0.6) is 0 Å². The predicted molar refractivity (Wildman–Crippen MR) is 208 cm³/mol. The van der Waals surface area contributed by atoms with Gasteiger partial charge in [-0.15, -0.1) is 0 Å². The van der Waals surface area contributed by atoms with Crippen LogP contribution in [0.3, 0.4) is 0 Å². The Hall–Kier alpha value is -3.26. The standard InChI is InChI=1S/C40H56N4O6S2/c1-39(2)32-27-30(51(47)48)16-18-34(32)41(23-11-25-43(5,6)7)36(39)20-13-29(15-22-38(45)46)14-21-37-40(3,4)33-28-31(52(49)50)17-19-35(33)42(37)24-12-26-44(8,9)10/h13-14,16-21,27-28H,11-12,15,22-26H2,1-10H3/p+1. The minimum atomic E-state index is -2.36. The third-order valence-electron chi connectivity index (χ3n) is 10.1. The van der Waals surface area contributed by atoms with Gasteiger partial charge in [0.15, 0.2) is 12.3 Å². The lowest BCUT2D eigenvalue weighted by atomic mass is 9.81. The van der Waals surface area contributed by atoms with E-state index in [1.165, 1.54) is 0 Å². The Morgan fingerprint density at radius 3 is 2.00 bits per heavy atom. The summed E-state index contributed by atoms with van der Waals surface area (Å²) >= 11 is -4.71. The fourth-order valence-corrected chi connectivity index (χ4v) is 8.04. The summed E-state index contributed by atoms with van der Waals surface area (Å²) in [5.74, 6) is -0.887. The van der Waals surface area contributed by atoms with Crippen molar-refractivity contribution in [3.05, 3.63) is 83.1 Å². The normalized spacial score (nSPS) is 19.0. The van der Waals surface area contributed by atoms with Gasteiger partial charge in [-0.1, -0.05) is 26.0 Å². The summed E-state index contributed by atoms with van der Waals surface area (Å²) in [7, 11) is 13.0. The highest BCUT2D eigenvalue weighted by Gasteiger charge is 2.45. The summed E-state index contributed by atoms with van der Waals surface area (Å²) in [5.41, 5.74) is 5.67. The number of hydrogen-bond donors (Lipinski definition) is 1. The minimum Gasteiger partial charge on any atom is -0.768 e. The molecule has 12 heteroatoms. The van der Waals surface area contributed by atoms with E-state index >= 15 is 0 Å². The van der Waals surface area contributed by atoms with E-state index in [9.17, 15) is 27.4 Å². The highest BCUT2D eigenvalue weighted by Crippen LogP contribution is 2.48. The van der Waals surface area contributed by atoms with E-state index in [1.54, 1.807) is 24.3 Å². The molecule has 0 saturated carbocycles. The largest absolute Gasteiger partial charge is 0.768 e. The second-order valence-corrected chi connectivity index (χ2v) is 18.9. The number of allylic oxidation sites excluding steroid dienone is 6. The number of carboxylic acid groups (broad SMARTS) is 1. The van der Waals surface area contributed by atoms with Gasteiger partial charge in [-0.05, 0) is 90.0 Å². The lowest BCUT2D eigenvalue weighted by Crippen LogP contribution is -2.37. The Labute approximate surface area is 315 Å². The minimum absolute atomic E-state index is 0.0420. The third-order valence-corrected chi connectivity index (χ3v) is 11.3. The van der Waals surface area contributed by atoms with Gasteiger partial charge in [0.25, 0.3) is 0 Å². The second-order valence-electron chi connectivity index (χ2n) is 17.0. The zero-order chi connectivity index (χ0) is 38.8. The zero-order valence-electron chi connectivity index (χ0n) is 32.5. The summed E-state index contributed by atoms with van der Waals surface area (Å²) in [5, 5.41) is 9.68. The predicted octanol–water partition coefficient (Wildman–Crippen LogP) is 5.76. The van der Waals surface area contributed by atoms with Crippen LogP contribution in [0.25, 0.3) is 0 Å². The first-order chi connectivity index (χ1) is 24.0. The Balaban J connectivity index is 1.81. The lowest BCUT2D eigenvalue weighted by Gasteiger charge is -2.29. The molecule has 0 aromatic heterocycles. The Morgan fingerprint density at radius 1 is 0.846 bits per heavy atom. The quantitative estimate of drug-likeness (QED) is 0.100. The van der Waals surface area contributed by atoms with Crippen molar-refractivity contribution < 1.29 is 41.0 Å². The number of carboxylic acids is 1. The summed E-state index contributed by atoms with van der Waals surface area (Å²) in [6.07, 6.45) is 10.2. The van der Waals surface area contributed by atoms with Crippen molar-refractivity contribution >= 4 is 45.2 Å². The first kappa shape index (κ1) is 41.5. The number of anilines is 1. The molecule has 2 unspecified atom stereocenters. The van der Waals surface area contributed by atoms with E-state index < -0.39 is 39.0 Å². The molecule has 2 aliphatic rings. The van der Waals surface area contributed by atoms with E-state index in [0.717, 1.165) is 87.5 Å². The van der Waals surface area contributed by atoms with Gasteiger partial charge in [0, 0.05) is 63.7 Å². The van der Waals surface area contributed by atoms with Crippen molar-refractivity contribution in [3.8, 4) is 0 Å². The highest BCUT2D eigenvalue weighted by atomic mass is 32.2. The summed E-state index contributed by atoms with van der Waals surface area (Å²) < 4.78 is 51.7. The fourth-order valence-electron chi connectivity index (χ4n) is 7.25. The Bertz CT molecular complexity index is 1860. The van der Waals surface area contributed by atoms with Crippen LogP contribution in [-0.4, -0.2) is 116 Å². The number of benzene rings is 2. The molecule has 2 aromatic rings. The molecule has 0 spiro atoms. The second kappa shape index (κ2) is 16.0. The average Bonchev–Trinajstić information content (AvgIpc) is 3.36. The molecule has 2 atom stereocenters. The molecule has 2 aliphatic heterocycles. The highest BCUT2D eigenvalue weighted by molar-refractivity contribution is 7.79. The lowest BCUT2D eigenvalue weighted by molar-refractivity contribution is -0.871. The molecule has 0 amide bonds. The average molecular weight is 754 g/mol. The first-order valence-corrected chi connectivity index (χ1v) is 20.0. The summed E-state index contributed by atoms with van der Waals surface area (Å²) in [6.45, 7) is 11.8. The van der Waals surface area contributed by atoms with E-state index in [-0.39, 0.29) is 16.2 Å². The molecule has 10 nitrogen and oxygen atoms in total. The van der Waals surface area contributed by atoms with Crippen molar-refractivity contribution in [2.45, 2.75) is 74.0 Å². The smallest absolute Gasteiger partial charge is 0.303 e. The van der Waals surface area contributed by atoms with Crippen molar-refractivity contribution in [2.75, 3.05) is 73.4 Å². The number of quaternary nitrogens is 2. The number of fused-ring (bicyclic) bond motifs is 2. The molecule has 0 radical (unpaired) electrons. The van der Waals surface area contributed by atoms with E-state index in [2.05, 4.69) is 91.6 Å². The van der Waals surface area contributed by atoms with Crippen molar-refractivity contribution in [1.29, 1.82) is 0 Å². The first-order valence-electron chi connectivity index (χ1n) is 17.8. The topological polar surface area (TPSA) is 124 Å². The van der Waals surface area contributed by atoms with Crippen LogP contribution in [-0.2, 0) is 37.8 Å². The molecular formula is C40H57N4O6S2+. The van der Waals surface area contributed by atoms with Crippen LogP contribution in [0.1, 0.15) is 64.5 Å². The van der Waals surface area contributed by atoms with Gasteiger partial charge in [0.1, 0.15) is 0 Å². The van der Waals surface area contributed by atoms with Crippen LogP contribution in [0.4, 0.5) is 11.4 Å². The van der Waals surface area contributed by atoms with Crippen LogP contribution in [0.15, 0.2) is 81.8 Å². The number of rotatable bonds is 16. The maximum absolute atomic E-state index is 11.9. The van der Waals surface area contributed by atoms with Gasteiger partial charge in [0.2, 0.25) is 5.69 Å². The van der Waals surface area contributed by atoms with E-state index in [1.807, 2.05) is 24.3 Å². The molecule has 0 fully saturated rings. The van der Waals surface area contributed by atoms with Crippen molar-refractivity contribution in [2.24, 2.45) is 0 Å². The molecule has 4 rings (SSSR count). The number of aliphatic carboxylic acids is 1. The van der Waals surface area contributed by atoms with Gasteiger partial charge >= 0.3 is 5.97 Å². The maximum atomic E-state index is 11.9. The van der Waals surface area contributed by atoms with Gasteiger partial charge in [0.05, 0.1) is 67.2 Å². The molecule has 0 saturated heterocycles. The van der Waals surface area contributed by atoms with Gasteiger partial charge in [-0.2, -0.15) is 4.58 Å². The van der Waals surface area contributed by atoms with E-state index in [4.69, 9.17) is 0 Å². The molecule has 52 heavy (non-hydrogen) atoms. The molecule has 0 aliphatic carbocycles. The monoisotopic (exact) mass is 753 g/mol. The third kappa shape index (κ3) is 9.83. The SMILES string of the molecule is CC1(C)C(/C=C/C(=C/C=C2\N(CCC[N+](C)(C)C)c3ccc(S(=O)[O-])cc3C2(C)C)CCC(=O)O)=[N+](CCC[N+](C)(C)C)c2ccc(S(=O)[O-])cc21. The molecule has 2 heterocycles. The number of nitrogens with zero attached hydrogens (tertiary/aromatic N) is 4. The number of hydrogen-bond acceptors (Lipinski definition) is 6. The van der Waals surface area contributed by atoms with Crippen LogP contribution >= 0.6 is 0 Å². The Morgan fingerprint density at radius 2 is 1.42 bits per heavy atom. The molecule has 1 N–H and O–H groups in total. The maximum Gasteiger partial charge on any atom is 0.303 e. The van der Waals surface area contributed by atoms with Crippen molar-refractivity contribution in [1.82, 2.24) is 0 Å². The van der Waals surface area contributed by atoms with Crippen LogP contribution in [0, 0.1) is 0 Å². The Kier molecular flexibility index (Phi) is 12.8. The molecule has 0 bridgehead atoms. The van der Waals surface area contributed by atoms with E-state index in [0.29, 0.717) is 6.42 Å². The van der Waals surface area contributed by atoms with Crippen molar-refractivity contribution in [3.63, 3.8) is 0 Å². The zero-order valence-corrected chi connectivity index (χ0v) is 34.2. The number of carbonyl (C=O) groups is 1. The van der Waals surface area contributed by atoms with Crippen LogP contribution < -0.4 is 4.90 Å². The molecule has 2 aromatic carbocycles. The molecular weight excluding hydrogens is 697 g/mol. The summed E-state index contributed by atoms with van der Waals surface area (Å²) in [6, 6.07) is 10.6. The van der Waals surface area contributed by atoms with Crippen LogP contribution in [0.2, 0.25) is 0 Å². The van der Waals surface area contributed by atoms with Gasteiger partial charge in [-0.25, -0.2) is 0 Å².